The van der Waals surface area contributed by atoms with E-state index in [1.807, 2.05) is 0 Å². The van der Waals surface area contributed by atoms with Crippen LogP contribution >= 0.6 is 0 Å². The van der Waals surface area contributed by atoms with E-state index in [1.165, 1.54) is 25.8 Å². The minimum Gasteiger partial charge on any atom is -0.476 e. The summed E-state index contributed by atoms with van der Waals surface area (Å²) in [5.41, 5.74) is -0.0611. The Kier molecular flexibility index (Phi) is 5.00. The van der Waals surface area contributed by atoms with Crippen molar-refractivity contribution < 1.29 is 14.3 Å². The lowest BCUT2D eigenvalue weighted by molar-refractivity contribution is 0.0690. The molecule has 112 valence electrons. The van der Waals surface area contributed by atoms with Gasteiger partial charge in [-0.15, -0.1) is 0 Å². The van der Waals surface area contributed by atoms with Gasteiger partial charge in [-0.1, -0.05) is 6.42 Å². The topological polar surface area (TPSA) is 78.6 Å². The number of carboxylic acid groups (broad SMARTS) is 1. The molecule has 6 nitrogen and oxygen atoms in total. The third-order valence-corrected chi connectivity index (χ3v) is 3.81. The van der Waals surface area contributed by atoms with Crippen LogP contribution < -0.4 is 5.32 Å². The molecular weight excluding hydrogens is 258 g/mol. The lowest BCUT2D eigenvalue weighted by atomic mass is 9.98. The molecular formula is C14H23N3O3. The van der Waals surface area contributed by atoms with Crippen LogP contribution in [0.3, 0.4) is 0 Å². The molecule has 1 aliphatic heterocycles. The van der Waals surface area contributed by atoms with Crippen molar-refractivity contribution in [3.8, 4) is 0 Å². The van der Waals surface area contributed by atoms with Crippen molar-refractivity contribution in [2.45, 2.75) is 51.6 Å². The molecule has 0 bridgehead atoms. The third kappa shape index (κ3) is 3.72. The first kappa shape index (κ1) is 14.8. The van der Waals surface area contributed by atoms with Crippen molar-refractivity contribution in [2.24, 2.45) is 0 Å². The predicted molar refractivity (Wildman–Crippen MR) is 76.1 cm³/mol. The highest BCUT2D eigenvalue weighted by Gasteiger charge is 2.24. The van der Waals surface area contributed by atoms with Gasteiger partial charge in [-0.2, -0.15) is 4.98 Å². The van der Waals surface area contributed by atoms with Gasteiger partial charge >= 0.3 is 5.97 Å². The van der Waals surface area contributed by atoms with E-state index < -0.39 is 5.97 Å². The minimum absolute atomic E-state index is 0.0611. The zero-order valence-corrected chi connectivity index (χ0v) is 12.1. The van der Waals surface area contributed by atoms with Gasteiger partial charge in [0.05, 0.1) is 0 Å². The summed E-state index contributed by atoms with van der Waals surface area (Å²) in [7, 11) is 0. The molecule has 1 fully saturated rings. The molecule has 2 heterocycles. The molecule has 0 saturated carbocycles. The van der Waals surface area contributed by atoms with Gasteiger partial charge in [0.2, 0.25) is 0 Å². The molecule has 2 rings (SSSR count). The van der Waals surface area contributed by atoms with E-state index >= 15 is 0 Å². The number of likely N-dealkylation sites (tertiary alicyclic amines) is 1. The van der Waals surface area contributed by atoms with Gasteiger partial charge in [0.15, 0.2) is 5.69 Å². The molecule has 0 aromatic carbocycles. The van der Waals surface area contributed by atoms with Gasteiger partial charge < -0.3 is 14.8 Å². The number of rotatable bonds is 6. The van der Waals surface area contributed by atoms with E-state index in [1.54, 1.807) is 0 Å². The van der Waals surface area contributed by atoms with Gasteiger partial charge in [0, 0.05) is 18.6 Å². The first-order chi connectivity index (χ1) is 9.58. The average Bonchev–Trinajstić information content (AvgIpc) is 2.88. The molecule has 0 aliphatic carbocycles. The average molecular weight is 281 g/mol. The van der Waals surface area contributed by atoms with E-state index in [-0.39, 0.29) is 11.7 Å². The molecule has 1 saturated heterocycles. The second kappa shape index (κ2) is 6.74. The van der Waals surface area contributed by atoms with Gasteiger partial charge in [0.1, 0.15) is 6.26 Å². The van der Waals surface area contributed by atoms with E-state index in [9.17, 15) is 4.79 Å². The standard InChI is InChI=1S/C14H23N3O3/c1-10(2)17-8-4-3-5-11(17)6-7-15-14-16-12(9-20-14)13(18)19/h9-11H,3-8H2,1-2H3,(H,15,16)(H,18,19). The summed E-state index contributed by atoms with van der Waals surface area (Å²) in [6.07, 6.45) is 5.97. The summed E-state index contributed by atoms with van der Waals surface area (Å²) in [6.45, 7) is 6.38. The fourth-order valence-electron chi connectivity index (χ4n) is 2.81. The number of nitrogens with one attached hydrogen (secondary N) is 1. The molecule has 2 N–H and O–H groups in total. The quantitative estimate of drug-likeness (QED) is 0.834. The van der Waals surface area contributed by atoms with Crippen molar-refractivity contribution in [1.82, 2.24) is 9.88 Å². The Morgan fingerprint density at radius 2 is 2.40 bits per heavy atom. The van der Waals surface area contributed by atoms with Crippen molar-refractivity contribution in [3.63, 3.8) is 0 Å². The number of nitrogens with zero attached hydrogens (tertiary/aromatic N) is 2. The minimum atomic E-state index is -1.07. The summed E-state index contributed by atoms with van der Waals surface area (Å²) in [5, 5.41) is 11.8. The molecule has 1 aromatic rings. The molecule has 1 unspecified atom stereocenters. The molecule has 0 spiro atoms. The zero-order valence-electron chi connectivity index (χ0n) is 12.1. The Morgan fingerprint density at radius 3 is 3.05 bits per heavy atom. The maximum Gasteiger partial charge on any atom is 0.357 e. The van der Waals surface area contributed by atoms with Crippen LogP contribution in [0, 0.1) is 0 Å². The Hall–Kier alpha value is -1.56. The maximum atomic E-state index is 10.7. The van der Waals surface area contributed by atoms with Crippen LogP contribution in [0.1, 0.15) is 50.0 Å². The van der Waals surface area contributed by atoms with Crippen LogP contribution in [0.4, 0.5) is 6.01 Å². The number of carbonyl (C=O) groups is 1. The van der Waals surface area contributed by atoms with E-state index in [0.29, 0.717) is 12.1 Å². The van der Waals surface area contributed by atoms with E-state index in [0.717, 1.165) is 19.2 Å². The first-order valence-electron chi connectivity index (χ1n) is 7.26. The fraction of sp³-hybridized carbons (Fsp3) is 0.714. The molecule has 0 radical (unpaired) electrons. The van der Waals surface area contributed by atoms with Crippen LogP contribution in [0.2, 0.25) is 0 Å². The monoisotopic (exact) mass is 281 g/mol. The van der Waals surface area contributed by atoms with Gasteiger partial charge in [-0.3, -0.25) is 4.90 Å². The van der Waals surface area contributed by atoms with Crippen LogP contribution in [-0.4, -0.2) is 46.1 Å². The zero-order chi connectivity index (χ0) is 14.5. The second-order valence-corrected chi connectivity index (χ2v) is 5.54. The van der Waals surface area contributed by atoms with Crippen molar-refractivity contribution >= 4 is 12.0 Å². The van der Waals surface area contributed by atoms with Crippen molar-refractivity contribution in [1.29, 1.82) is 0 Å². The molecule has 0 amide bonds. The number of piperidine rings is 1. The normalized spacial score (nSPS) is 20.2. The molecule has 1 aliphatic rings. The van der Waals surface area contributed by atoms with Crippen LogP contribution in [0.5, 0.6) is 0 Å². The van der Waals surface area contributed by atoms with Crippen molar-refractivity contribution in [2.75, 3.05) is 18.4 Å². The lowest BCUT2D eigenvalue weighted by Crippen LogP contribution is -2.44. The third-order valence-electron chi connectivity index (χ3n) is 3.81. The Labute approximate surface area is 119 Å². The highest BCUT2D eigenvalue weighted by atomic mass is 16.4. The SMILES string of the molecule is CC(C)N1CCCCC1CCNc1nc(C(=O)O)co1. The fourth-order valence-corrected chi connectivity index (χ4v) is 2.81. The van der Waals surface area contributed by atoms with Crippen molar-refractivity contribution in [3.05, 3.63) is 12.0 Å². The van der Waals surface area contributed by atoms with Gasteiger partial charge in [0.25, 0.3) is 6.01 Å². The summed E-state index contributed by atoms with van der Waals surface area (Å²) < 4.78 is 5.07. The molecule has 6 heteroatoms. The Morgan fingerprint density at radius 1 is 1.60 bits per heavy atom. The summed E-state index contributed by atoms with van der Waals surface area (Å²) in [4.78, 5) is 17.1. The summed E-state index contributed by atoms with van der Waals surface area (Å²) >= 11 is 0. The number of aromatic nitrogens is 1. The number of anilines is 1. The number of carboxylic acids is 1. The van der Waals surface area contributed by atoms with Crippen LogP contribution in [-0.2, 0) is 0 Å². The number of oxazole rings is 1. The highest BCUT2D eigenvalue weighted by molar-refractivity contribution is 5.85. The largest absolute Gasteiger partial charge is 0.476 e. The number of hydrogen-bond donors (Lipinski definition) is 2. The Balaban J connectivity index is 1.80. The molecule has 20 heavy (non-hydrogen) atoms. The predicted octanol–water partition coefficient (Wildman–Crippen LogP) is 2.44. The molecule has 1 aromatic heterocycles. The smallest absolute Gasteiger partial charge is 0.357 e. The maximum absolute atomic E-state index is 10.7. The number of aromatic carboxylic acids is 1. The van der Waals surface area contributed by atoms with Crippen LogP contribution in [0.15, 0.2) is 10.7 Å². The van der Waals surface area contributed by atoms with E-state index in [4.69, 9.17) is 9.52 Å². The summed E-state index contributed by atoms with van der Waals surface area (Å²) in [5.74, 6) is -1.07. The lowest BCUT2D eigenvalue weighted by Gasteiger charge is -2.38. The second-order valence-electron chi connectivity index (χ2n) is 5.54. The van der Waals surface area contributed by atoms with Crippen LogP contribution in [0.25, 0.3) is 0 Å². The number of hydrogen-bond acceptors (Lipinski definition) is 5. The van der Waals surface area contributed by atoms with E-state index in [2.05, 4.69) is 29.0 Å². The van der Waals surface area contributed by atoms with Gasteiger partial charge in [-0.25, -0.2) is 4.79 Å². The molecule has 1 atom stereocenters. The first-order valence-corrected chi connectivity index (χ1v) is 7.26. The summed E-state index contributed by atoms with van der Waals surface area (Å²) in [6, 6.07) is 1.44. The highest BCUT2D eigenvalue weighted by Crippen LogP contribution is 2.22. The van der Waals surface area contributed by atoms with Gasteiger partial charge in [-0.05, 0) is 39.7 Å². The Bertz CT molecular complexity index is 445.